The molecule has 0 spiro atoms. The Balaban J connectivity index is 2.20. The van der Waals surface area contributed by atoms with Gasteiger partial charge in [0.25, 0.3) is 0 Å². The van der Waals surface area contributed by atoms with Crippen LogP contribution < -0.4 is 0 Å². The summed E-state index contributed by atoms with van der Waals surface area (Å²) in [5, 5.41) is 58.3. The zero-order chi connectivity index (χ0) is 18.7. The van der Waals surface area contributed by atoms with Crippen LogP contribution in [0.25, 0.3) is 0 Å². The molecular weight excluding hydrogens is 360 g/mol. The lowest BCUT2D eigenvalue weighted by atomic mass is 10.0. The van der Waals surface area contributed by atoms with Crippen LogP contribution in [0.2, 0.25) is 0 Å². The minimum absolute atomic E-state index is 0.496. The molecule has 2 rings (SSSR count). The minimum atomic E-state index is -1.27. The first-order valence-electron chi connectivity index (χ1n) is 7.85. The van der Waals surface area contributed by atoms with Crippen molar-refractivity contribution in [1.29, 1.82) is 0 Å². The van der Waals surface area contributed by atoms with Crippen LogP contribution in [-0.4, -0.2) is 118 Å². The highest BCUT2D eigenvalue weighted by atomic mass is 32.2. The van der Waals surface area contributed by atoms with Gasteiger partial charge in [-0.3, -0.25) is 0 Å². The Kier molecular flexibility index (Phi) is 7.85. The van der Waals surface area contributed by atoms with Crippen LogP contribution in [-0.2, 0) is 18.9 Å². The van der Waals surface area contributed by atoms with Crippen LogP contribution in [0.15, 0.2) is 0 Å². The number of methoxy groups -OCH3 is 2. The molecule has 0 unspecified atom stereocenters. The molecule has 6 N–H and O–H groups in total. The maximum atomic E-state index is 10.4. The second-order valence-corrected chi connectivity index (χ2v) is 7.31. The standard InChI is InChI=1S/C14H26O10S/c1-21-13-9(19)11(7(17)5(3-15)23-13)25-12-8(18)6(4-16)24-14(22-2)10(12)20/h5-20H,3-4H2,1-2H3/t5-,6-,7-,8-,9-,10-,11-,12-,13-,14-/m1/s1. The lowest BCUT2D eigenvalue weighted by Crippen LogP contribution is -2.62. The average Bonchev–Trinajstić information content (AvgIpc) is 2.61. The molecule has 2 heterocycles. The van der Waals surface area contributed by atoms with E-state index in [4.69, 9.17) is 18.9 Å². The third kappa shape index (κ3) is 4.28. The fourth-order valence-corrected chi connectivity index (χ4v) is 4.61. The zero-order valence-corrected chi connectivity index (χ0v) is 14.7. The number of thioether (sulfide) groups is 1. The number of hydrogen-bond acceptors (Lipinski definition) is 11. The van der Waals surface area contributed by atoms with Gasteiger partial charge in [-0.1, -0.05) is 0 Å². The van der Waals surface area contributed by atoms with Crippen molar-refractivity contribution >= 4 is 11.8 Å². The van der Waals surface area contributed by atoms with Crippen molar-refractivity contribution in [2.45, 2.75) is 59.7 Å². The SMILES string of the molecule is CO[C@@H]1O[C@H](CO)[C@@H](O)[C@@H](S[C@H]2[C@@H](O)[C@H](OC)O[C@H](CO)[C@H]2O)[C@H]1O. The van der Waals surface area contributed by atoms with Crippen molar-refractivity contribution in [2.24, 2.45) is 0 Å². The largest absolute Gasteiger partial charge is 0.394 e. The highest BCUT2D eigenvalue weighted by molar-refractivity contribution is 8.00. The molecule has 10 atom stereocenters. The van der Waals surface area contributed by atoms with Crippen LogP contribution in [0.1, 0.15) is 0 Å². The maximum Gasteiger partial charge on any atom is 0.184 e. The van der Waals surface area contributed by atoms with E-state index in [9.17, 15) is 30.6 Å². The summed E-state index contributed by atoms with van der Waals surface area (Å²) in [7, 11) is 2.62. The van der Waals surface area contributed by atoms with Crippen LogP contribution in [0.4, 0.5) is 0 Å². The summed E-state index contributed by atoms with van der Waals surface area (Å²) in [6.07, 6.45) is -9.25. The lowest BCUT2D eigenvalue weighted by Gasteiger charge is -2.46. The van der Waals surface area contributed by atoms with E-state index in [-0.39, 0.29) is 0 Å². The first kappa shape index (κ1) is 21.3. The maximum absolute atomic E-state index is 10.4. The molecule has 10 nitrogen and oxygen atoms in total. The van der Waals surface area contributed by atoms with Gasteiger partial charge in [-0.15, -0.1) is 11.8 Å². The summed E-state index contributed by atoms with van der Waals surface area (Å²) < 4.78 is 20.6. The molecule has 2 fully saturated rings. The van der Waals surface area contributed by atoms with E-state index in [0.29, 0.717) is 0 Å². The summed E-state index contributed by atoms with van der Waals surface area (Å²) in [4.78, 5) is 0. The number of ether oxygens (including phenoxy) is 4. The van der Waals surface area contributed by atoms with Gasteiger partial charge >= 0.3 is 0 Å². The predicted octanol–water partition coefficient (Wildman–Crippen LogP) is -3.37. The fourth-order valence-electron chi connectivity index (χ4n) is 3.00. The van der Waals surface area contributed by atoms with Gasteiger partial charge in [-0.25, -0.2) is 0 Å². The van der Waals surface area contributed by atoms with Crippen molar-refractivity contribution in [2.75, 3.05) is 27.4 Å². The Morgan fingerprint density at radius 1 is 0.720 bits per heavy atom. The molecule has 148 valence electrons. The van der Waals surface area contributed by atoms with Crippen molar-refractivity contribution in [3.8, 4) is 0 Å². The van der Waals surface area contributed by atoms with Crippen LogP contribution >= 0.6 is 11.8 Å². The molecule has 2 aliphatic heterocycles. The number of rotatable bonds is 6. The molecule has 0 aromatic rings. The summed E-state index contributed by atoms with van der Waals surface area (Å²) >= 11 is 0.908. The van der Waals surface area contributed by atoms with E-state index in [2.05, 4.69) is 0 Å². The molecular formula is C14H26O10S. The first-order chi connectivity index (χ1) is 11.9. The summed E-state index contributed by atoms with van der Waals surface area (Å²) in [5.41, 5.74) is 0. The Hall–Kier alpha value is -0.0500. The molecule has 0 saturated carbocycles. The quantitative estimate of drug-likeness (QED) is 0.271. The lowest BCUT2D eigenvalue weighted by molar-refractivity contribution is -0.262. The summed E-state index contributed by atoms with van der Waals surface area (Å²) in [6, 6.07) is 0. The van der Waals surface area contributed by atoms with Gasteiger partial charge in [-0.05, 0) is 0 Å². The van der Waals surface area contributed by atoms with Gasteiger partial charge in [-0.2, -0.15) is 0 Å². The first-order valence-corrected chi connectivity index (χ1v) is 8.79. The molecule has 0 aliphatic carbocycles. The third-order valence-electron chi connectivity index (χ3n) is 4.42. The number of aliphatic hydroxyl groups excluding tert-OH is 6. The summed E-state index contributed by atoms with van der Waals surface area (Å²) in [5.74, 6) is 0. The third-order valence-corrected chi connectivity index (χ3v) is 6.17. The van der Waals surface area contributed by atoms with Crippen LogP contribution in [0, 0.1) is 0 Å². The van der Waals surface area contributed by atoms with E-state index in [1.165, 1.54) is 14.2 Å². The number of aliphatic hydroxyl groups is 6. The Bertz CT molecular complexity index is 347. The monoisotopic (exact) mass is 386 g/mol. The van der Waals surface area contributed by atoms with Crippen molar-refractivity contribution in [1.82, 2.24) is 0 Å². The molecule has 0 radical (unpaired) electrons. The zero-order valence-electron chi connectivity index (χ0n) is 13.9. The predicted molar refractivity (Wildman–Crippen MR) is 84.7 cm³/mol. The van der Waals surface area contributed by atoms with Crippen molar-refractivity contribution in [3.05, 3.63) is 0 Å². The van der Waals surface area contributed by atoms with Gasteiger partial charge in [0.2, 0.25) is 0 Å². The highest BCUT2D eigenvalue weighted by Crippen LogP contribution is 2.38. The molecule has 25 heavy (non-hydrogen) atoms. The van der Waals surface area contributed by atoms with Gasteiger partial charge in [0.15, 0.2) is 12.6 Å². The second-order valence-electron chi connectivity index (χ2n) is 5.95. The fraction of sp³-hybridized carbons (Fsp3) is 1.00. The van der Waals surface area contributed by atoms with E-state index >= 15 is 0 Å². The van der Waals surface area contributed by atoms with Crippen molar-refractivity contribution in [3.63, 3.8) is 0 Å². The second kappa shape index (κ2) is 9.24. The highest BCUT2D eigenvalue weighted by Gasteiger charge is 2.51. The molecule has 0 aromatic heterocycles. The van der Waals surface area contributed by atoms with E-state index in [0.717, 1.165) is 11.8 Å². The van der Waals surface area contributed by atoms with E-state index in [1.54, 1.807) is 0 Å². The van der Waals surface area contributed by atoms with Gasteiger partial charge in [0.1, 0.15) is 24.4 Å². The Morgan fingerprint density at radius 2 is 1.08 bits per heavy atom. The minimum Gasteiger partial charge on any atom is -0.394 e. The topological polar surface area (TPSA) is 158 Å². The van der Waals surface area contributed by atoms with E-state index < -0.39 is 72.9 Å². The van der Waals surface area contributed by atoms with Crippen LogP contribution in [0.5, 0.6) is 0 Å². The molecule has 2 saturated heterocycles. The van der Waals surface area contributed by atoms with Gasteiger partial charge < -0.3 is 49.6 Å². The smallest absolute Gasteiger partial charge is 0.184 e. The van der Waals surface area contributed by atoms with E-state index in [1.807, 2.05) is 0 Å². The van der Waals surface area contributed by atoms with Gasteiger partial charge in [0, 0.05) is 14.2 Å². The molecule has 0 bridgehead atoms. The average molecular weight is 386 g/mol. The molecule has 0 amide bonds. The number of hydrogen-bond donors (Lipinski definition) is 6. The molecule has 11 heteroatoms. The summed E-state index contributed by atoms with van der Waals surface area (Å²) in [6.45, 7) is -0.993. The van der Waals surface area contributed by atoms with Crippen LogP contribution in [0.3, 0.4) is 0 Å². The normalized spacial score (nSPS) is 48.5. The molecule has 0 aromatic carbocycles. The molecule has 2 aliphatic rings. The Labute approximate surface area is 149 Å². The van der Waals surface area contributed by atoms with Crippen molar-refractivity contribution < 1.29 is 49.6 Å². The van der Waals surface area contributed by atoms with Gasteiger partial charge in [0.05, 0.1) is 35.9 Å². The Morgan fingerprint density at radius 3 is 1.36 bits per heavy atom.